The highest BCUT2D eigenvalue weighted by atomic mass is 32.2. The number of H-pyrrole nitrogens is 1. The second-order valence-electron chi connectivity index (χ2n) is 6.68. The minimum Gasteiger partial charge on any atom is -0.317 e. The summed E-state index contributed by atoms with van der Waals surface area (Å²) in [5.41, 5.74) is 6.61. The van der Waals surface area contributed by atoms with Crippen molar-refractivity contribution in [1.29, 1.82) is 0 Å². The first-order valence-electron chi connectivity index (χ1n) is 8.99. The number of nitrogens with one attached hydrogen (secondary N) is 2. The van der Waals surface area contributed by atoms with Crippen LogP contribution in [0.4, 0.5) is 0 Å². The van der Waals surface area contributed by atoms with Crippen molar-refractivity contribution in [1.82, 2.24) is 25.5 Å². The monoisotopic (exact) mass is 365 g/mol. The molecule has 0 amide bonds. The minimum absolute atomic E-state index is 0.477. The Morgan fingerprint density at radius 3 is 2.58 bits per heavy atom. The highest BCUT2D eigenvalue weighted by molar-refractivity contribution is 7.98. The van der Waals surface area contributed by atoms with Gasteiger partial charge in [-0.2, -0.15) is 5.10 Å². The summed E-state index contributed by atoms with van der Waals surface area (Å²) >= 11 is 1.56. The van der Waals surface area contributed by atoms with Crippen LogP contribution in [0.1, 0.15) is 30.0 Å². The van der Waals surface area contributed by atoms with Crippen molar-refractivity contribution in [3.63, 3.8) is 0 Å². The second-order valence-corrected chi connectivity index (χ2v) is 7.45. The van der Waals surface area contributed by atoms with Crippen molar-refractivity contribution in [2.45, 2.75) is 30.8 Å². The summed E-state index contributed by atoms with van der Waals surface area (Å²) in [6.07, 6.45) is 6.07. The van der Waals surface area contributed by atoms with Gasteiger partial charge >= 0.3 is 0 Å². The highest BCUT2D eigenvalue weighted by Crippen LogP contribution is 2.38. The van der Waals surface area contributed by atoms with E-state index in [1.165, 1.54) is 11.3 Å². The van der Waals surface area contributed by atoms with Gasteiger partial charge in [-0.15, -0.1) is 0 Å². The molecule has 4 rings (SSSR count). The van der Waals surface area contributed by atoms with Gasteiger partial charge in [-0.3, -0.25) is 5.10 Å². The van der Waals surface area contributed by atoms with E-state index in [1.807, 2.05) is 18.5 Å². The largest absolute Gasteiger partial charge is 0.317 e. The van der Waals surface area contributed by atoms with Crippen molar-refractivity contribution >= 4 is 11.8 Å². The minimum atomic E-state index is 0.477. The molecule has 5 nitrogen and oxygen atoms in total. The van der Waals surface area contributed by atoms with Gasteiger partial charge in [0.1, 0.15) is 5.69 Å². The van der Waals surface area contributed by atoms with Crippen LogP contribution in [-0.4, -0.2) is 39.5 Å². The number of benzene rings is 1. The van der Waals surface area contributed by atoms with Crippen LogP contribution in [0.2, 0.25) is 0 Å². The Hall–Kier alpha value is -2.18. The molecule has 26 heavy (non-hydrogen) atoms. The molecule has 0 spiro atoms. The molecule has 0 aliphatic carbocycles. The van der Waals surface area contributed by atoms with Crippen LogP contribution in [0.25, 0.3) is 22.5 Å². The smallest absolute Gasteiger partial charge is 0.187 e. The molecule has 0 bridgehead atoms. The maximum Gasteiger partial charge on any atom is 0.187 e. The Bertz CT molecular complexity index is 881. The molecule has 2 aromatic heterocycles. The number of nitrogens with zero attached hydrogens (tertiary/aromatic N) is 3. The molecule has 1 aromatic carbocycles. The summed E-state index contributed by atoms with van der Waals surface area (Å²) in [7, 11) is 0. The summed E-state index contributed by atoms with van der Waals surface area (Å²) in [5, 5.41) is 12.3. The molecule has 1 aliphatic rings. The van der Waals surface area contributed by atoms with Gasteiger partial charge in [0.05, 0.1) is 5.69 Å². The van der Waals surface area contributed by atoms with Crippen LogP contribution in [0.5, 0.6) is 0 Å². The van der Waals surface area contributed by atoms with E-state index in [2.05, 4.69) is 46.6 Å². The normalized spacial score (nSPS) is 15.3. The van der Waals surface area contributed by atoms with Crippen LogP contribution >= 0.6 is 11.8 Å². The van der Waals surface area contributed by atoms with E-state index in [0.717, 1.165) is 53.6 Å². The number of aryl methyl sites for hydroxylation is 1. The maximum atomic E-state index is 4.77. The fourth-order valence-electron chi connectivity index (χ4n) is 3.52. The summed E-state index contributed by atoms with van der Waals surface area (Å²) < 4.78 is 0. The lowest BCUT2D eigenvalue weighted by Gasteiger charge is -2.22. The van der Waals surface area contributed by atoms with Gasteiger partial charge in [0.25, 0.3) is 0 Å². The topological polar surface area (TPSA) is 66.5 Å². The van der Waals surface area contributed by atoms with Crippen LogP contribution in [0.3, 0.4) is 0 Å². The van der Waals surface area contributed by atoms with Gasteiger partial charge < -0.3 is 5.32 Å². The number of aromatic amines is 1. The number of hydrogen-bond acceptors (Lipinski definition) is 5. The van der Waals surface area contributed by atoms with Crippen molar-refractivity contribution < 1.29 is 0 Å². The molecule has 0 radical (unpaired) electrons. The number of aromatic nitrogens is 4. The van der Waals surface area contributed by atoms with E-state index < -0.39 is 0 Å². The van der Waals surface area contributed by atoms with Crippen molar-refractivity contribution in [2.24, 2.45) is 0 Å². The maximum absolute atomic E-state index is 4.77. The highest BCUT2D eigenvalue weighted by Gasteiger charge is 2.25. The van der Waals surface area contributed by atoms with Crippen molar-refractivity contribution in [2.75, 3.05) is 19.3 Å². The second kappa shape index (κ2) is 7.60. The van der Waals surface area contributed by atoms with Crippen LogP contribution in [0.15, 0.2) is 41.7 Å². The zero-order valence-corrected chi connectivity index (χ0v) is 15.9. The van der Waals surface area contributed by atoms with Gasteiger partial charge in [0.2, 0.25) is 0 Å². The van der Waals surface area contributed by atoms with E-state index in [9.17, 15) is 0 Å². The first-order chi connectivity index (χ1) is 12.8. The first-order valence-corrected chi connectivity index (χ1v) is 10.2. The standard InChI is InChI=1S/C20H23N5S/c1-13-3-5-14(6-4-13)18-17(16-9-12-22-20(23-16)26-2)19(25-24-18)15-7-10-21-11-8-15/h3-6,9,12,15,21H,7-8,10-11H2,1-2H3,(H,24,25). The number of rotatable bonds is 4. The molecule has 3 heterocycles. The van der Waals surface area contributed by atoms with Crippen molar-refractivity contribution in [3.8, 4) is 22.5 Å². The molecule has 0 unspecified atom stereocenters. The Balaban J connectivity index is 1.86. The lowest BCUT2D eigenvalue weighted by atomic mass is 9.89. The Morgan fingerprint density at radius 2 is 1.85 bits per heavy atom. The van der Waals surface area contributed by atoms with E-state index in [4.69, 9.17) is 10.1 Å². The molecule has 6 heteroatoms. The average Bonchev–Trinajstić information content (AvgIpc) is 3.14. The Morgan fingerprint density at radius 1 is 1.08 bits per heavy atom. The predicted octanol–water partition coefficient (Wildman–Crippen LogP) is 4.03. The van der Waals surface area contributed by atoms with Gasteiger partial charge in [0.15, 0.2) is 5.16 Å². The van der Waals surface area contributed by atoms with Gasteiger partial charge in [-0.1, -0.05) is 41.6 Å². The van der Waals surface area contributed by atoms with Gasteiger partial charge in [-0.05, 0) is 45.2 Å². The summed E-state index contributed by atoms with van der Waals surface area (Å²) in [5.74, 6) is 0.477. The van der Waals surface area contributed by atoms with E-state index in [1.54, 1.807) is 11.8 Å². The van der Waals surface area contributed by atoms with Crippen LogP contribution in [-0.2, 0) is 0 Å². The number of hydrogen-bond donors (Lipinski definition) is 2. The zero-order valence-electron chi connectivity index (χ0n) is 15.1. The first kappa shape index (κ1) is 17.2. The Kier molecular flexibility index (Phi) is 5.04. The SMILES string of the molecule is CSc1nccc(-c2c(-c3ccc(C)cc3)n[nH]c2C2CCNCC2)n1. The average molecular weight is 366 g/mol. The van der Waals surface area contributed by atoms with E-state index in [-0.39, 0.29) is 0 Å². The van der Waals surface area contributed by atoms with Gasteiger partial charge in [0, 0.05) is 28.9 Å². The summed E-state index contributed by atoms with van der Waals surface area (Å²) in [6, 6.07) is 10.5. The fraction of sp³-hybridized carbons (Fsp3) is 0.350. The molecule has 2 N–H and O–H groups in total. The molecule has 1 aliphatic heterocycles. The van der Waals surface area contributed by atoms with Crippen LogP contribution < -0.4 is 5.32 Å². The predicted molar refractivity (Wildman–Crippen MR) is 106 cm³/mol. The fourth-order valence-corrected chi connectivity index (χ4v) is 3.88. The molecule has 3 aromatic rings. The molecule has 1 fully saturated rings. The molecule has 1 saturated heterocycles. The lowest BCUT2D eigenvalue weighted by Crippen LogP contribution is -2.27. The third kappa shape index (κ3) is 3.39. The Labute approximate surface area is 158 Å². The van der Waals surface area contributed by atoms with Crippen LogP contribution in [0, 0.1) is 6.92 Å². The molecule has 0 atom stereocenters. The summed E-state index contributed by atoms with van der Waals surface area (Å²) in [4.78, 5) is 9.10. The summed E-state index contributed by atoms with van der Waals surface area (Å²) in [6.45, 7) is 4.19. The molecular formula is C20H23N5S. The van der Waals surface area contributed by atoms with E-state index in [0.29, 0.717) is 5.92 Å². The van der Waals surface area contributed by atoms with Crippen molar-refractivity contribution in [3.05, 3.63) is 47.8 Å². The van der Waals surface area contributed by atoms with E-state index >= 15 is 0 Å². The zero-order chi connectivity index (χ0) is 17.9. The number of thioether (sulfide) groups is 1. The lowest BCUT2D eigenvalue weighted by molar-refractivity contribution is 0.453. The molecule has 0 saturated carbocycles. The van der Waals surface area contributed by atoms with Gasteiger partial charge in [-0.25, -0.2) is 9.97 Å². The number of piperidine rings is 1. The molecular weight excluding hydrogens is 342 g/mol. The third-order valence-electron chi connectivity index (χ3n) is 4.94. The molecule has 134 valence electrons. The third-order valence-corrected chi connectivity index (χ3v) is 5.50. The quantitative estimate of drug-likeness (QED) is 0.540.